The number of carbonyl (C=O) groups excluding carboxylic acids is 1. The Labute approximate surface area is 207 Å². The number of hydrogen-bond acceptors (Lipinski definition) is 7. The van der Waals surface area contributed by atoms with E-state index < -0.39 is 11.0 Å². The van der Waals surface area contributed by atoms with E-state index in [1.807, 2.05) is 6.92 Å². The minimum atomic E-state index is -0.857. The number of piperidine rings is 1. The minimum Gasteiger partial charge on any atom is -0.504 e. The molecule has 1 aromatic rings. The first kappa shape index (κ1) is 22.4. The van der Waals surface area contributed by atoms with Gasteiger partial charge in [-0.3, -0.25) is 14.6 Å². The molecule has 1 aromatic carbocycles. The van der Waals surface area contributed by atoms with Crippen LogP contribution in [0.25, 0.3) is 0 Å². The second-order valence-corrected chi connectivity index (χ2v) is 11.9. The number of rotatable bonds is 6. The van der Waals surface area contributed by atoms with Crippen LogP contribution in [0.1, 0.15) is 69.4 Å². The Morgan fingerprint density at radius 1 is 1.20 bits per heavy atom. The average Bonchev–Trinajstić information content (AvgIpc) is 3.41. The maximum atomic E-state index is 12.7. The maximum Gasteiger partial charge on any atom is 0.307 e. The number of hydrogen-bond donors (Lipinski definition) is 2. The molecule has 3 heterocycles. The first-order valence-electron chi connectivity index (χ1n) is 13.9. The van der Waals surface area contributed by atoms with Crippen LogP contribution in [0.4, 0.5) is 0 Å². The maximum absolute atomic E-state index is 12.7. The Bertz CT molecular complexity index is 1040. The number of benzene rings is 1. The molecule has 1 spiro atoms. The molecule has 6 atom stereocenters. The lowest BCUT2D eigenvalue weighted by Crippen LogP contribution is -2.78. The highest BCUT2D eigenvalue weighted by Gasteiger charge is 2.73. The zero-order valence-electron chi connectivity index (χ0n) is 20.7. The summed E-state index contributed by atoms with van der Waals surface area (Å²) in [6.45, 7) is 5.26. The van der Waals surface area contributed by atoms with E-state index in [1.54, 1.807) is 6.07 Å². The monoisotopic (exact) mass is 482 g/mol. The molecule has 190 valence electrons. The van der Waals surface area contributed by atoms with E-state index >= 15 is 0 Å². The van der Waals surface area contributed by atoms with Crippen molar-refractivity contribution in [2.24, 2.45) is 5.92 Å². The van der Waals surface area contributed by atoms with Crippen LogP contribution in [0.3, 0.4) is 0 Å². The molecule has 2 bridgehead atoms. The largest absolute Gasteiger partial charge is 0.504 e. The van der Waals surface area contributed by atoms with Crippen LogP contribution in [-0.4, -0.2) is 82.1 Å². The van der Waals surface area contributed by atoms with E-state index in [-0.39, 0.29) is 35.9 Å². The van der Waals surface area contributed by atoms with E-state index in [0.29, 0.717) is 18.8 Å². The van der Waals surface area contributed by atoms with Gasteiger partial charge in [-0.1, -0.05) is 6.07 Å². The van der Waals surface area contributed by atoms with Gasteiger partial charge in [0.15, 0.2) is 11.5 Å². The van der Waals surface area contributed by atoms with Crippen molar-refractivity contribution < 1.29 is 24.5 Å². The normalized spacial score (nSPS) is 39.8. The lowest BCUT2D eigenvalue weighted by Gasteiger charge is -2.65. The molecule has 6 aliphatic rings. The second-order valence-electron chi connectivity index (χ2n) is 11.9. The van der Waals surface area contributed by atoms with Crippen LogP contribution in [0.5, 0.6) is 11.5 Å². The van der Waals surface area contributed by atoms with E-state index in [4.69, 9.17) is 9.47 Å². The molecule has 2 saturated carbocycles. The van der Waals surface area contributed by atoms with Gasteiger partial charge in [-0.15, -0.1) is 0 Å². The number of likely N-dealkylation sites (tertiary alicyclic amines) is 2. The standard InChI is InChI=1S/C28H38N2O5/c1-2-34-23(32)15-19-4-3-12-30(19)20-9-10-28(33)22-14-18-7-8-21(31)25-24(18)27(28,26(20)35-25)11-13-29(22)16-17-5-6-17/h7-8,17,19-20,22,26,31,33H,2-6,9-16H2,1H3/t19?,20-,22+,26-,27-,28+/m0/s1. The van der Waals surface area contributed by atoms with E-state index in [2.05, 4.69) is 15.9 Å². The number of nitrogens with zero attached hydrogens (tertiary/aromatic N) is 2. The van der Waals surface area contributed by atoms with Gasteiger partial charge in [0.1, 0.15) is 6.10 Å². The molecule has 1 unspecified atom stereocenters. The molecule has 7 heteroatoms. The molecule has 7 rings (SSSR count). The van der Waals surface area contributed by atoms with E-state index in [1.165, 1.54) is 18.4 Å². The molecule has 2 N–H and O–H groups in total. The number of aromatic hydroxyl groups is 1. The van der Waals surface area contributed by atoms with Crippen LogP contribution in [0, 0.1) is 5.92 Å². The number of aliphatic hydroxyl groups is 1. The third kappa shape index (κ3) is 3.04. The predicted molar refractivity (Wildman–Crippen MR) is 130 cm³/mol. The van der Waals surface area contributed by atoms with E-state index in [0.717, 1.165) is 69.6 Å². The van der Waals surface area contributed by atoms with Crippen molar-refractivity contribution >= 4 is 5.97 Å². The summed E-state index contributed by atoms with van der Waals surface area (Å²) in [7, 11) is 0. The Morgan fingerprint density at radius 2 is 2.06 bits per heavy atom. The molecule has 0 aromatic heterocycles. The Balaban J connectivity index is 1.28. The van der Waals surface area contributed by atoms with Crippen molar-refractivity contribution in [3.05, 3.63) is 23.3 Å². The van der Waals surface area contributed by atoms with Gasteiger partial charge in [-0.05, 0) is 88.9 Å². The Hall–Kier alpha value is -1.83. The molecule has 0 amide bonds. The summed E-state index contributed by atoms with van der Waals surface area (Å²) in [6, 6.07) is 4.21. The van der Waals surface area contributed by atoms with Gasteiger partial charge >= 0.3 is 5.97 Å². The zero-order valence-corrected chi connectivity index (χ0v) is 20.7. The Morgan fingerprint density at radius 3 is 2.86 bits per heavy atom. The first-order valence-corrected chi connectivity index (χ1v) is 13.9. The fraction of sp³-hybridized carbons (Fsp3) is 0.750. The summed E-state index contributed by atoms with van der Waals surface area (Å²) < 4.78 is 12.0. The van der Waals surface area contributed by atoms with Crippen molar-refractivity contribution in [1.82, 2.24) is 9.80 Å². The van der Waals surface area contributed by atoms with Crippen molar-refractivity contribution in [2.45, 2.75) is 100.0 Å². The highest BCUT2D eigenvalue weighted by atomic mass is 16.5. The highest BCUT2D eigenvalue weighted by Crippen LogP contribution is 2.66. The first-order chi connectivity index (χ1) is 17.0. The van der Waals surface area contributed by atoms with Crippen molar-refractivity contribution in [3.63, 3.8) is 0 Å². The lowest BCUT2D eigenvalue weighted by atomic mass is 9.48. The highest BCUT2D eigenvalue weighted by molar-refractivity contribution is 5.70. The number of esters is 1. The summed E-state index contributed by atoms with van der Waals surface area (Å²) in [4.78, 5) is 17.4. The van der Waals surface area contributed by atoms with Crippen LogP contribution in [-0.2, 0) is 21.4 Å². The fourth-order valence-corrected chi connectivity index (χ4v) is 8.72. The quantitative estimate of drug-likeness (QED) is 0.604. The topological polar surface area (TPSA) is 82.5 Å². The van der Waals surface area contributed by atoms with Crippen LogP contribution < -0.4 is 4.74 Å². The SMILES string of the molecule is CCOC(=O)CC1CCCN1[C@H]1CC[C@@]2(O)[C@H]3Cc4ccc(O)c5c4[C@@]2(CCN3CC2CC2)[C@H]1O5. The second kappa shape index (κ2) is 7.83. The molecule has 3 aliphatic heterocycles. The van der Waals surface area contributed by atoms with Crippen LogP contribution >= 0.6 is 0 Å². The summed E-state index contributed by atoms with van der Waals surface area (Å²) in [6.07, 6.45) is 8.13. The van der Waals surface area contributed by atoms with Crippen LogP contribution in [0.2, 0.25) is 0 Å². The van der Waals surface area contributed by atoms with Crippen molar-refractivity contribution in [1.29, 1.82) is 0 Å². The number of carbonyl (C=O) groups is 1. The molecule has 7 nitrogen and oxygen atoms in total. The van der Waals surface area contributed by atoms with Gasteiger partial charge < -0.3 is 19.7 Å². The van der Waals surface area contributed by atoms with Gasteiger partial charge in [-0.2, -0.15) is 0 Å². The van der Waals surface area contributed by atoms with Gasteiger partial charge in [0, 0.05) is 30.2 Å². The third-order valence-electron chi connectivity index (χ3n) is 10.3. The molecular formula is C28H38N2O5. The number of phenols is 1. The fourth-order valence-electron chi connectivity index (χ4n) is 8.72. The number of ether oxygens (including phenoxy) is 2. The van der Waals surface area contributed by atoms with Gasteiger partial charge in [0.05, 0.1) is 24.0 Å². The van der Waals surface area contributed by atoms with Crippen molar-refractivity contribution in [3.8, 4) is 11.5 Å². The lowest BCUT2D eigenvalue weighted by molar-refractivity contribution is -0.201. The van der Waals surface area contributed by atoms with Gasteiger partial charge in [0.2, 0.25) is 0 Å². The minimum absolute atomic E-state index is 0.0980. The summed E-state index contributed by atoms with van der Waals surface area (Å²) in [5.41, 5.74) is 0.960. The molecule has 4 fully saturated rings. The molecular weight excluding hydrogens is 444 g/mol. The summed E-state index contributed by atoms with van der Waals surface area (Å²) in [5.74, 6) is 1.45. The molecule has 2 saturated heterocycles. The van der Waals surface area contributed by atoms with Crippen molar-refractivity contribution in [2.75, 3.05) is 26.2 Å². The van der Waals surface area contributed by atoms with Gasteiger partial charge in [-0.25, -0.2) is 0 Å². The molecule has 3 aliphatic carbocycles. The number of phenolic OH excluding ortho intramolecular Hbond substituents is 1. The summed E-state index contributed by atoms with van der Waals surface area (Å²) >= 11 is 0. The zero-order chi connectivity index (χ0) is 23.9. The van der Waals surface area contributed by atoms with Crippen LogP contribution in [0.15, 0.2) is 12.1 Å². The average molecular weight is 483 g/mol. The molecule has 0 radical (unpaired) electrons. The summed E-state index contributed by atoms with van der Waals surface area (Å²) in [5, 5.41) is 23.5. The smallest absolute Gasteiger partial charge is 0.307 e. The van der Waals surface area contributed by atoms with E-state index in [9.17, 15) is 15.0 Å². The Kier molecular flexibility index (Phi) is 5.01. The molecule has 35 heavy (non-hydrogen) atoms. The third-order valence-corrected chi connectivity index (χ3v) is 10.3. The predicted octanol–water partition coefficient (Wildman–Crippen LogP) is 2.74. The van der Waals surface area contributed by atoms with Gasteiger partial charge in [0.25, 0.3) is 0 Å².